The first kappa shape index (κ1) is 26.4. The van der Waals surface area contributed by atoms with Gasteiger partial charge in [-0.05, 0) is 91.5 Å². The smallest absolute Gasteiger partial charge is 0.406 e. The van der Waals surface area contributed by atoms with Crippen LogP contribution in [0.25, 0.3) is 22.5 Å². The van der Waals surface area contributed by atoms with Crippen LogP contribution in [0.1, 0.15) is 27.8 Å². The zero-order valence-corrected chi connectivity index (χ0v) is 22.4. The SMILES string of the molecule is Cc1cccc(C)c1NC(=S)N/N=C/c1ccc2c(c1)CCc1c(-c3ccc(OC(F)(F)F)cc3)nn(C)c1-2. The lowest BCUT2D eigenvalue weighted by atomic mass is 9.87. The Balaban J connectivity index is 1.31. The molecular weight excluding hydrogens is 523 g/mol. The van der Waals surface area contributed by atoms with Crippen molar-refractivity contribution >= 4 is 29.2 Å². The number of hydrogen-bond acceptors (Lipinski definition) is 4. The first-order valence-electron chi connectivity index (χ1n) is 12.3. The maximum atomic E-state index is 12.5. The summed E-state index contributed by atoms with van der Waals surface area (Å²) in [4.78, 5) is 0. The Morgan fingerprint density at radius 1 is 1.05 bits per heavy atom. The van der Waals surface area contributed by atoms with E-state index in [4.69, 9.17) is 17.3 Å². The molecular formula is C29H26F3N5OS. The van der Waals surface area contributed by atoms with Gasteiger partial charge in [0.1, 0.15) is 5.75 Å². The number of thiocarbonyl (C=S) groups is 1. The van der Waals surface area contributed by atoms with E-state index in [2.05, 4.69) is 26.6 Å². The van der Waals surface area contributed by atoms with Gasteiger partial charge in [0.25, 0.3) is 0 Å². The van der Waals surface area contributed by atoms with Crippen molar-refractivity contribution in [3.8, 4) is 28.3 Å². The van der Waals surface area contributed by atoms with Gasteiger partial charge < -0.3 is 10.1 Å². The highest BCUT2D eigenvalue weighted by Crippen LogP contribution is 2.39. The second-order valence-corrected chi connectivity index (χ2v) is 9.79. The van der Waals surface area contributed by atoms with Gasteiger partial charge in [-0.1, -0.05) is 30.3 Å². The first-order valence-corrected chi connectivity index (χ1v) is 12.7. The third-order valence-corrected chi connectivity index (χ3v) is 6.83. The molecule has 200 valence electrons. The molecule has 0 saturated heterocycles. The van der Waals surface area contributed by atoms with Crippen LogP contribution in [0.2, 0.25) is 0 Å². The molecule has 6 nitrogen and oxygen atoms in total. The minimum atomic E-state index is -4.72. The number of nitrogens with zero attached hydrogens (tertiary/aromatic N) is 3. The van der Waals surface area contributed by atoms with E-state index in [9.17, 15) is 13.2 Å². The van der Waals surface area contributed by atoms with Gasteiger partial charge in [0, 0.05) is 29.4 Å². The van der Waals surface area contributed by atoms with Crippen molar-refractivity contribution < 1.29 is 17.9 Å². The quantitative estimate of drug-likeness (QED) is 0.165. The molecule has 0 unspecified atom stereocenters. The van der Waals surface area contributed by atoms with Gasteiger partial charge in [-0.3, -0.25) is 10.1 Å². The lowest BCUT2D eigenvalue weighted by Gasteiger charge is -2.18. The van der Waals surface area contributed by atoms with E-state index in [1.165, 1.54) is 17.7 Å². The largest absolute Gasteiger partial charge is 0.573 e. The molecule has 0 fully saturated rings. The van der Waals surface area contributed by atoms with Crippen LogP contribution >= 0.6 is 12.2 Å². The average molecular weight is 550 g/mol. The molecule has 4 aromatic rings. The van der Waals surface area contributed by atoms with E-state index in [1.54, 1.807) is 18.3 Å². The highest BCUT2D eigenvalue weighted by molar-refractivity contribution is 7.80. The maximum Gasteiger partial charge on any atom is 0.573 e. The van der Waals surface area contributed by atoms with E-state index < -0.39 is 6.36 Å². The van der Waals surface area contributed by atoms with Gasteiger partial charge in [-0.25, -0.2) is 0 Å². The molecule has 0 amide bonds. The van der Waals surface area contributed by atoms with E-state index in [1.807, 2.05) is 55.9 Å². The van der Waals surface area contributed by atoms with Crippen molar-refractivity contribution in [2.45, 2.75) is 33.1 Å². The average Bonchev–Trinajstić information content (AvgIpc) is 3.22. The molecule has 39 heavy (non-hydrogen) atoms. The minimum Gasteiger partial charge on any atom is -0.406 e. The number of aryl methyl sites for hydroxylation is 4. The van der Waals surface area contributed by atoms with Gasteiger partial charge in [0.15, 0.2) is 5.11 Å². The maximum absolute atomic E-state index is 12.5. The molecule has 1 aromatic heterocycles. The highest BCUT2D eigenvalue weighted by Gasteiger charge is 2.31. The Labute approximate surface area is 229 Å². The van der Waals surface area contributed by atoms with Gasteiger partial charge in [-0.2, -0.15) is 10.2 Å². The Morgan fingerprint density at radius 3 is 2.46 bits per heavy atom. The van der Waals surface area contributed by atoms with Crippen molar-refractivity contribution in [3.63, 3.8) is 0 Å². The monoisotopic (exact) mass is 549 g/mol. The molecule has 1 aliphatic carbocycles. The van der Waals surface area contributed by atoms with E-state index in [-0.39, 0.29) is 5.75 Å². The number of halogens is 3. The summed E-state index contributed by atoms with van der Waals surface area (Å²) in [7, 11) is 1.88. The molecule has 1 heterocycles. The van der Waals surface area contributed by atoms with Crippen molar-refractivity contribution in [3.05, 3.63) is 88.5 Å². The van der Waals surface area contributed by atoms with E-state index in [0.717, 1.165) is 63.3 Å². The number of alkyl halides is 3. The normalized spacial score (nSPS) is 12.7. The number of ether oxygens (including phenoxy) is 1. The van der Waals surface area contributed by atoms with Crippen molar-refractivity contribution in [2.24, 2.45) is 12.1 Å². The van der Waals surface area contributed by atoms with Crippen molar-refractivity contribution in [1.29, 1.82) is 0 Å². The number of anilines is 1. The molecule has 0 spiro atoms. The summed E-state index contributed by atoms with van der Waals surface area (Å²) in [5, 5.41) is 12.6. The Hall–Kier alpha value is -4.18. The van der Waals surface area contributed by atoms with Crippen LogP contribution < -0.4 is 15.5 Å². The molecule has 0 saturated carbocycles. The highest BCUT2D eigenvalue weighted by atomic mass is 32.1. The summed E-state index contributed by atoms with van der Waals surface area (Å²) in [5.74, 6) is -0.257. The van der Waals surface area contributed by atoms with E-state index in [0.29, 0.717) is 5.11 Å². The van der Waals surface area contributed by atoms with Crippen molar-refractivity contribution in [1.82, 2.24) is 15.2 Å². The topological polar surface area (TPSA) is 63.5 Å². The Morgan fingerprint density at radius 2 is 1.77 bits per heavy atom. The Kier molecular flexibility index (Phi) is 7.14. The fourth-order valence-electron chi connectivity index (χ4n) is 4.90. The summed E-state index contributed by atoms with van der Waals surface area (Å²) >= 11 is 5.40. The number of nitrogens with one attached hydrogen (secondary N) is 2. The Bertz CT molecular complexity index is 1560. The summed E-state index contributed by atoms with van der Waals surface area (Å²) < 4.78 is 43.4. The summed E-state index contributed by atoms with van der Waals surface area (Å²) in [5.41, 5.74) is 12.8. The lowest BCUT2D eigenvalue weighted by Crippen LogP contribution is -2.24. The number of fused-ring (bicyclic) bond motifs is 3. The predicted octanol–water partition coefficient (Wildman–Crippen LogP) is 6.69. The number of para-hydroxylation sites is 1. The third kappa shape index (κ3) is 5.80. The van der Waals surface area contributed by atoms with Gasteiger partial charge >= 0.3 is 6.36 Å². The molecule has 10 heteroatoms. The van der Waals surface area contributed by atoms with Gasteiger partial charge in [0.2, 0.25) is 0 Å². The minimum absolute atomic E-state index is 0.257. The summed E-state index contributed by atoms with van der Waals surface area (Å²) in [6.45, 7) is 4.04. The first-order chi connectivity index (χ1) is 18.6. The molecule has 0 radical (unpaired) electrons. The standard InChI is InChI=1S/C29H26F3N5OS/c1-17-5-4-6-18(2)25(17)34-28(39)35-33-16-19-7-13-23-21(15-19)10-14-24-26(36-37(3)27(23)24)20-8-11-22(12-9-20)38-29(30,31)32/h4-9,11-13,15-16H,10,14H2,1-3H3,(H2,34,35,39)/b33-16+. The number of hydrazone groups is 1. The van der Waals surface area contributed by atoms with Crippen LogP contribution in [0.15, 0.2) is 65.8 Å². The van der Waals surface area contributed by atoms with Crippen LogP contribution in [0.5, 0.6) is 5.75 Å². The predicted molar refractivity (Wildman–Crippen MR) is 151 cm³/mol. The molecule has 1 aliphatic rings. The van der Waals surface area contributed by atoms with Crippen molar-refractivity contribution in [2.75, 3.05) is 5.32 Å². The zero-order chi connectivity index (χ0) is 27.7. The number of hydrogen-bond donors (Lipinski definition) is 2. The molecule has 0 aliphatic heterocycles. The molecule has 3 aromatic carbocycles. The second kappa shape index (κ2) is 10.5. The molecule has 0 atom stereocenters. The fourth-order valence-corrected chi connectivity index (χ4v) is 5.05. The van der Waals surface area contributed by atoms with Crippen LogP contribution in [-0.2, 0) is 19.9 Å². The number of benzene rings is 3. The summed E-state index contributed by atoms with van der Waals surface area (Å²) in [6.07, 6.45) is -1.43. The summed E-state index contributed by atoms with van der Waals surface area (Å²) in [6, 6.07) is 18.0. The fraction of sp³-hybridized carbons (Fsp3) is 0.207. The van der Waals surface area contributed by atoms with Crippen LogP contribution in [0.4, 0.5) is 18.9 Å². The van der Waals surface area contributed by atoms with Crippen LogP contribution in [-0.4, -0.2) is 27.5 Å². The molecule has 0 bridgehead atoms. The van der Waals surface area contributed by atoms with E-state index >= 15 is 0 Å². The number of rotatable bonds is 5. The van der Waals surface area contributed by atoms with Gasteiger partial charge in [-0.15, -0.1) is 13.2 Å². The zero-order valence-electron chi connectivity index (χ0n) is 21.6. The molecule has 2 N–H and O–H groups in total. The van der Waals surface area contributed by atoms with Crippen LogP contribution in [0, 0.1) is 13.8 Å². The lowest BCUT2D eigenvalue weighted by molar-refractivity contribution is -0.274. The van der Waals surface area contributed by atoms with Gasteiger partial charge in [0.05, 0.1) is 17.6 Å². The molecule has 5 rings (SSSR count). The second-order valence-electron chi connectivity index (χ2n) is 9.38. The van der Waals surface area contributed by atoms with Crippen LogP contribution in [0.3, 0.4) is 0 Å². The third-order valence-electron chi connectivity index (χ3n) is 6.63. The number of aromatic nitrogens is 2.